The summed E-state index contributed by atoms with van der Waals surface area (Å²) >= 11 is 0. The van der Waals surface area contributed by atoms with Gasteiger partial charge in [-0.25, -0.2) is 0 Å². The average molecular weight is 261 g/mol. The molecule has 0 bridgehead atoms. The van der Waals surface area contributed by atoms with E-state index in [2.05, 4.69) is 53.4 Å². The lowest BCUT2D eigenvalue weighted by atomic mass is 10.1. The third-order valence-electron chi connectivity index (χ3n) is 3.87. The van der Waals surface area contributed by atoms with E-state index < -0.39 is 0 Å². The molecule has 1 aromatic carbocycles. The highest BCUT2D eigenvalue weighted by molar-refractivity contribution is 5.22. The molecule has 3 heteroatoms. The summed E-state index contributed by atoms with van der Waals surface area (Å²) in [4.78, 5) is 4.96. The van der Waals surface area contributed by atoms with Gasteiger partial charge in [0.2, 0.25) is 0 Å². The van der Waals surface area contributed by atoms with Crippen molar-refractivity contribution >= 4 is 0 Å². The molecule has 1 heterocycles. The predicted molar refractivity (Wildman–Crippen MR) is 81.7 cm³/mol. The number of nitrogens with one attached hydrogen (secondary N) is 1. The molecule has 19 heavy (non-hydrogen) atoms. The monoisotopic (exact) mass is 261 g/mol. The zero-order valence-electron chi connectivity index (χ0n) is 12.4. The van der Waals surface area contributed by atoms with E-state index in [-0.39, 0.29) is 0 Å². The van der Waals surface area contributed by atoms with Crippen molar-refractivity contribution in [3.05, 3.63) is 35.4 Å². The fraction of sp³-hybridized carbons (Fsp3) is 0.625. The molecule has 1 aliphatic heterocycles. The standard InChI is InChI=1S/C16H27N3/c1-15-4-3-5-16(14-15)6-7-17-8-9-19-12-10-18(2)11-13-19/h3-5,14,17H,6-13H2,1-2H3. The number of nitrogens with zero attached hydrogens (tertiary/aromatic N) is 2. The maximum absolute atomic E-state index is 3.56. The summed E-state index contributed by atoms with van der Waals surface area (Å²) in [6.07, 6.45) is 1.13. The van der Waals surface area contributed by atoms with Gasteiger partial charge in [0.05, 0.1) is 0 Å². The maximum atomic E-state index is 3.56. The van der Waals surface area contributed by atoms with Crippen LogP contribution in [-0.4, -0.2) is 62.7 Å². The Morgan fingerprint density at radius 3 is 2.63 bits per heavy atom. The van der Waals surface area contributed by atoms with E-state index in [0.29, 0.717) is 0 Å². The first-order valence-corrected chi connectivity index (χ1v) is 7.41. The third-order valence-corrected chi connectivity index (χ3v) is 3.87. The fourth-order valence-corrected chi connectivity index (χ4v) is 2.53. The summed E-state index contributed by atoms with van der Waals surface area (Å²) in [6, 6.07) is 8.80. The smallest absolute Gasteiger partial charge is 0.0110 e. The average Bonchev–Trinajstić information content (AvgIpc) is 2.41. The van der Waals surface area contributed by atoms with Crippen molar-refractivity contribution < 1.29 is 0 Å². The van der Waals surface area contributed by atoms with Crippen LogP contribution < -0.4 is 5.32 Å². The molecule has 1 N–H and O–H groups in total. The van der Waals surface area contributed by atoms with Crippen LogP contribution in [0.25, 0.3) is 0 Å². The second-order valence-corrected chi connectivity index (χ2v) is 5.63. The molecule has 1 aliphatic rings. The Labute approximate surface area is 117 Å². The SMILES string of the molecule is Cc1cccc(CCNCCN2CCN(C)CC2)c1. The number of hydrogen-bond donors (Lipinski definition) is 1. The molecule has 0 atom stereocenters. The van der Waals surface area contributed by atoms with Gasteiger partial charge in [0, 0.05) is 39.3 Å². The summed E-state index contributed by atoms with van der Waals surface area (Å²) in [5, 5.41) is 3.56. The van der Waals surface area contributed by atoms with Crippen molar-refractivity contribution in [1.82, 2.24) is 15.1 Å². The zero-order chi connectivity index (χ0) is 13.5. The quantitative estimate of drug-likeness (QED) is 0.781. The van der Waals surface area contributed by atoms with Gasteiger partial charge in [-0.2, -0.15) is 0 Å². The molecule has 1 saturated heterocycles. The van der Waals surface area contributed by atoms with Crippen molar-refractivity contribution in [1.29, 1.82) is 0 Å². The van der Waals surface area contributed by atoms with Crippen LogP contribution in [0.1, 0.15) is 11.1 Å². The molecular weight excluding hydrogens is 234 g/mol. The van der Waals surface area contributed by atoms with E-state index in [1.165, 1.54) is 43.9 Å². The minimum Gasteiger partial charge on any atom is -0.315 e. The Kier molecular flexibility index (Phi) is 5.83. The van der Waals surface area contributed by atoms with Crippen LogP contribution in [0.3, 0.4) is 0 Å². The normalized spacial score (nSPS) is 17.8. The number of likely N-dealkylation sites (N-methyl/N-ethyl adjacent to an activating group) is 1. The number of hydrogen-bond acceptors (Lipinski definition) is 3. The molecule has 3 nitrogen and oxygen atoms in total. The highest BCUT2D eigenvalue weighted by Crippen LogP contribution is 2.03. The lowest BCUT2D eigenvalue weighted by molar-refractivity contribution is 0.155. The highest BCUT2D eigenvalue weighted by atomic mass is 15.2. The molecule has 0 amide bonds. The third kappa shape index (κ3) is 5.31. The number of rotatable bonds is 6. The Morgan fingerprint density at radius 2 is 1.89 bits per heavy atom. The van der Waals surface area contributed by atoms with Crippen LogP contribution in [-0.2, 0) is 6.42 Å². The van der Waals surface area contributed by atoms with E-state index in [1.54, 1.807) is 0 Å². The predicted octanol–water partition coefficient (Wildman–Crippen LogP) is 1.37. The molecule has 0 aliphatic carbocycles. The van der Waals surface area contributed by atoms with Gasteiger partial charge < -0.3 is 10.2 Å². The maximum Gasteiger partial charge on any atom is 0.0110 e. The van der Waals surface area contributed by atoms with Gasteiger partial charge in [-0.3, -0.25) is 4.90 Å². The lowest BCUT2D eigenvalue weighted by Crippen LogP contribution is -2.46. The summed E-state index contributed by atoms with van der Waals surface area (Å²) < 4.78 is 0. The largest absolute Gasteiger partial charge is 0.315 e. The molecule has 0 radical (unpaired) electrons. The van der Waals surface area contributed by atoms with Crippen molar-refractivity contribution in [2.75, 3.05) is 52.9 Å². The summed E-state index contributed by atoms with van der Waals surface area (Å²) in [5.74, 6) is 0. The van der Waals surface area contributed by atoms with Gasteiger partial charge in [-0.1, -0.05) is 29.8 Å². The van der Waals surface area contributed by atoms with Gasteiger partial charge in [0.25, 0.3) is 0 Å². The van der Waals surface area contributed by atoms with Gasteiger partial charge in [-0.15, -0.1) is 0 Å². The fourth-order valence-electron chi connectivity index (χ4n) is 2.53. The van der Waals surface area contributed by atoms with Gasteiger partial charge in [0.15, 0.2) is 0 Å². The molecule has 1 fully saturated rings. The molecule has 106 valence electrons. The lowest BCUT2D eigenvalue weighted by Gasteiger charge is -2.32. The minimum atomic E-state index is 1.08. The van der Waals surface area contributed by atoms with Crippen molar-refractivity contribution in [2.45, 2.75) is 13.3 Å². The Balaban J connectivity index is 1.55. The molecule has 1 aromatic rings. The first-order chi connectivity index (χ1) is 9.24. The summed E-state index contributed by atoms with van der Waals surface area (Å²) in [6.45, 7) is 10.4. The minimum absolute atomic E-state index is 1.08. The van der Waals surface area contributed by atoms with Gasteiger partial charge in [-0.05, 0) is 32.5 Å². The van der Waals surface area contributed by atoms with E-state index in [4.69, 9.17) is 0 Å². The van der Waals surface area contributed by atoms with Gasteiger partial charge in [0.1, 0.15) is 0 Å². The zero-order valence-corrected chi connectivity index (χ0v) is 12.4. The van der Waals surface area contributed by atoms with Crippen LogP contribution in [0, 0.1) is 6.92 Å². The number of benzene rings is 1. The Morgan fingerprint density at radius 1 is 1.11 bits per heavy atom. The topological polar surface area (TPSA) is 18.5 Å². The van der Waals surface area contributed by atoms with Crippen molar-refractivity contribution in [2.24, 2.45) is 0 Å². The molecule has 0 aromatic heterocycles. The van der Waals surface area contributed by atoms with Crippen molar-refractivity contribution in [3.63, 3.8) is 0 Å². The van der Waals surface area contributed by atoms with E-state index >= 15 is 0 Å². The van der Waals surface area contributed by atoms with E-state index in [9.17, 15) is 0 Å². The van der Waals surface area contributed by atoms with Crippen LogP contribution in [0.2, 0.25) is 0 Å². The first-order valence-electron chi connectivity index (χ1n) is 7.41. The van der Waals surface area contributed by atoms with Crippen LogP contribution >= 0.6 is 0 Å². The van der Waals surface area contributed by atoms with E-state index in [0.717, 1.165) is 19.5 Å². The molecule has 2 rings (SSSR count). The summed E-state index contributed by atoms with van der Waals surface area (Å²) in [5.41, 5.74) is 2.79. The van der Waals surface area contributed by atoms with Crippen LogP contribution in [0.15, 0.2) is 24.3 Å². The van der Waals surface area contributed by atoms with Gasteiger partial charge >= 0.3 is 0 Å². The summed E-state index contributed by atoms with van der Waals surface area (Å²) in [7, 11) is 2.21. The molecule has 0 spiro atoms. The Hall–Kier alpha value is -0.900. The number of piperazine rings is 1. The Bertz CT molecular complexity index is 370. The van der Waals surface area contributed by atoms with E-state index in [1.807, 2.05) is 0 Å². The molecule has 0 saturated carbocycles. The first kappa shape index (κ1) is 14.5. The molecular formula is C16H27N3. The van der Waals surface area contributed by atoms with Crippen molar-refractivity contribution in [3.8, 4) is 0 Å². The number of aryl methyl sites for hydroxylation is 1. The highest BCUT2D eigenvalue weighted by Gasteiger charge is 2.12. The van der Waals surface area contributed by atoms with Crippen LogP contribution in [0.4, 0.5) is 0 Å². The second-order valence-electron chi connectivity index (χ2n) is 5.63. The molecule has 0 unspecified atom stereocenters. The van der Waals surface area contributed by atoms with Crippen LogP contribution in [0.5, 0.6) is 0 Å². The second kappa shape index (κ2) is 7.63.